The number of pyridine rings is 1. The van der Waals surface area contributed by atoms with Crippen molar-refractivity contribution < 1.29 is 5.11 Å². The van der Waals surface area contributed by atoms with Crippen LogP contribution >= 0.6 is 0 Å². The molecule has 0 bridgehead atoms. The van der Waals surface area contributed by atoms with Crippen LogP contribution in [0.15, 0.2) is 36.5 Å². The number of nitrogens with zero attached hydrogens (tertiary/aromatic N) is 1. The lowest BCUT2D eigenvalue weighted by atomic mass is 10.2. The summed E-state index contributed by atoms with van der Waals surface area (Å²) in [4.78, 5) is 4.03. The fourth-order valence-corrected chi connectivity index (χ4v) is 1.06. The molecule has 0 saturated carbocycles. The third-order valence-electron chi connectivity index (χ3n) is 1.58. The summed E-state index contributed by atoms with van der Waals surface area (Å²) >= 11 is 0. The standard InChI is InChI=1S/C9H7NO.Al.3H/c11-8-5-7-3-1-2-4-9(7)10-6-8;;;;/h1-6,11H;;;;. The van der Waals surface area contributed by atoms with Crippen LogP contribution in [0, 0.1) is 0 Å². The van der Waals surface area contributed by atoms with E-state index < -0.39 is 0 Å². The van der Waals surface area contributed by atoms with Gasteiger partial charge in [-0.25, -0.2) is 0 Å². The molecule has 1 heterocycles. The third kappa shape index (κ3) is 1.58. The van der Waals surface area contributed by atoms with Crippen molar-refractivity contribution in [1.82, 2.24) is 4.98 Å². The van der Waals surface area contributed by atoms with Crippen LogP contribution < -0.4 is 0 Å². The highest BCUT2D eigenvalue weighted by Crippen LogP contribution is 2.15. The van der Waals surface area contributed by atoms with Gasteiger partial charge in [0, 0.05) is 5.39 Å². The molecule has 2 aromatic rings. The number of aromatic nitrogens is 1. The quantitative estimate of drug-likeness (QED) is 0.599. The lowest BCUT2D eigenvalue weighted by Crippen LogP contribution is -1.75. The third-order valence-corrected chi connectivity index (χ3v) is 1.58. The summed E-state index contributed by atoms with van der Waals surface area (Å²) in [6.07, 6.45) is 1.45. The first-order valence-electron chi connectivity index (χ1n) is 3.40. The van der Waals surface area contributed by atoms with Crippen molar-refractivity contribution in [2.24, 2.45) is 0 Å². The van der Waals surface area contributed by atoms with Gasteiger partial charge < -0.3 is 5.11 Å². The molecule has 0 aliphatic rings. The van der Waals surface area contributed by atoms with E-state index in [9.17, 15) is 0 Å². The van der Waals surface area contributed by atoms with Gasteiger partial charge in [0.2, 0.25) is 0 Å². The topological polar surface area (TPSA) is 33.1 Å². The molecule has 0 atom stereocenters. The number of rotatable bonds is 0. The van der Waals surface area contributed by atoms with E-state index in [4.69, 9.17) is 5.11 Å². The highest BCUT2D eigenvalue weighted by molar-refractivity contribution is 5.79. The number of hydrogen-bond donors (Lipinski definition) is 1. The van der Waals surface area contributed by atoms with Crippen molar-refractivity contribution in [1.29, 1.82) is 0 Å². The monoisotopic (exact) mass is 175 g/mol. The van der Waals surface area contributed by atoms with Crippen molar-refractivity contribution in [3.8, 4) is 5.75 Å². The second kappa shape index (κ2) is 3.57. The maximum atomic E-state index is 9.07. The number of fused-ring (bicyclic) bond motifs is 1. The van der Waals surface area contributed by atoms with Crippen LogP contribution in [0.25, 0.3) is 10.9 Å². The predicted molar refractivity (Wildman–Crippen MR) is 53.3 cm³/mol. The smallest absolute Gasteiger partial charge is 0.187 e. The first kappa shape index (κ1) is 9.05. The highest BCUT2D eigenvalue weighted by atomic mass is 27.0. The Kier molecular flexibility index (Phi) is 2.70. The van der Waals surface area contributed by atoms with Gasteiger partial charge in [-0.3, -0.25) is 4.98 Å². The lowest BCUT2D eigenvalue weighted by molar-refractivity contribution is 0.474. The summed E-state index contributed by atoms with van der Waals surface area (Å²) in [5, 5.41) is 10.0. The fourth-order valence-electron chi connectivity index (χ4n) is 1.06. The summed E-state index contributed by atoms with van der Waals surface area (Å²) < 4.78 is 0. The van der Waals surface area contributed by atoms with Crippen molar-refractivity contribution in [2.45, 2.75) is 0 Å². The van der Waals surface area contributed by atoms with Crippen LogP contribution in [0.5, 0.6) is 5.75 Å². The summed E-state index contributed by atoms with van der Waals surface area (Å²) in [7, 11) is 0. The Hall–Kier alpha value is -1.04. The van der Waals surface area contributed by atoms with Crippen LogP contribution in [0.4, 0.5) is 0 Å². The summed E-state index contributed by atoms with van der Waals surface area (Å²) in [5.74, 6) is 0.212. The zero-order valence-corrected chi connectivity index (χ0v) is 5.86. The molecule has 2 rings (SSSR count). The Bertz CT molecular complexity index is 389. The molecule has 0 fully saturated rings. The summed E-state index contributed by atoms with van der Waals surface area (Å²) in [6, 6.07) is 9.37. The molecule has 3 heteroatoms. The van der Waals surface area contributed by atoms with E-state index in [1.807, 2.05) is 24.3 Å². The van der Waals surface area contributed by atoms with E-state index in [-0.39, 0.29) is 23.1 Å². The average molecular weight is 175 g/mol. The molecule has 1 aromatic carbocycles. The summed E-state index contributed by atoms with van der Waals surface area (Å²) in [6.45, 7) is 0. The van der Waals surface area contributed by atoms with Crippen molar-refractivity contribution in [3.63, 3.8) is 0 Å². The molecule has 0 aliphatic carbocycles. The summed E-state index contributed by atoms with van der Waals surface area (Å²) in [5.41, 5.74) is 0.908. The Morgan fingerprint density at radius 1 is 1.17 bits per heavy atom. The Balaban J connectivity index is 0.000000720. The van der Waals surface area contributed by atoms with Gasteiger partial charge in [0.1, 0.15) is 5.75 Å². The molecule has 1 N–H and O–H groups in total. The normalized spacial score (nSPS) is 9.33. The van der Waals surface area contributed by atoms with Gasteiger partial charge in [0.05, 0.1) is 11.7 Å². The molecule has 0 spiro atoms. The Labute approximate surface area is 81.0 Å². The van der Waals surface area contributed by atoms with Gasteiger partial charge in [-0.15, -0.1) is 0 Å². The van der Waals surface area contributed by atoms with Gasteiger partial charge >= 0.3 is 0 Å². The van der Waals surface area contributed by atoms with Crippen molar-refractivity contribution in [3.05, 3.63) is 36.5 Å². The molecular formula is C9H10AlNO. The largest absolute Gasteiger partial charge is 0.506 e. The maximum absolute atomic E-state index is 9.07. The number of benzene rings is 1. The maximum Gasteiger partial charge on any atom is 0.187 e. The minimum Gasteiger partial charge on any atom is -0.506 e. The van der Waals surface area contributed by atoms with Gasteiger partial charge in [-0.1, -0.05) is 18.2 Å². The Morgan fingerprint density at radius 3 is 2.75 bits per heavy atom. The highest BCUT2D eigenvalue weighted by Gasteiger charge is 1.92. The van der Waals surface area contributed by atoms with Crippen molar-refractivity contribution in [2.75, 3.05) is 0 Å². The van der Waals surface area contributed by atoms with E-state index in [2.05, 4.69) is 4.98 Å². The van der Waals surface area contributed by atoms with Gasteiger partial charge in [-0.2, -0.15) is 0 Å². The minimum atomic E-state index is 0. The van der Waals surface area contributed by atoms with Crippen LogP contribution in [0.2, 0.25) is 0 Å². The predicted octanol–water partition coefficient (Wildman–Crippen LogP) is 0.756. The molecule has 0 amide bonds. The molecule has 0 aliphatic heterocycles. The van der Waals surface area contributed by atoms with Crippen LogP contribution in [-0.2, 0) is 0 Å². The van der Waals surface area contributed by atoms with E-state index in [1.54, 1.807) is 6.07 Å². The molecule has 2 nitrogen and oxygen atoms in total. The zero-order valence-electron chi connectivity index (χ0n) is 5.86. The molecule has 12 heavy (non-hydrogen) atoms. The SMILES string of the molecule is Oc1cnc2ccccc2c1.[AlH3]. The van der Waals surface area contributed by atoms with Crippen LogP contribution in [0.1, 0.15) is 0 Å². The lowest BCUT2D eigenvalue weighted by Gasteiger charge is -1.95. The number of hydrogen-bond acceptors (Lipinski definition) is 2. The van der Waals surface area contributed by atoms with Gasteiger partial charge in [-0.05, 0) is 12.1 Å². The second-order valence-corrected chi connectivity index (χ2v) is 2.39. The van der Waals surface area contributed by atoms with Gasteiger partial charge in [0.25, 0.3) is 0 Å². The zero-order chi connectivity index (χ0) is 7.68. The molecule has 0 radical (unpaired) electrons. The molecular weight excluding hydrogens is 165 g/mol. The first-order chi connectivity index (χ1) is 5.36. The molecule has 0 saturated heterocycles. The van der Waals surface area contributed by atoms with Crippen molar-refractivity contribution >= 4 is 28.3 Å². The molecule has 1 aromatic heterocycles. The van der Waals surface area contributed by atoms with E-state index in [0.717, 1.165) is 10.9 Å². The molecule has 60 valence electrons. The first-order valence-corrected chi connectivity index (χ1v) is 3.40. The van der Waals surface area contributed by atoms with Crippen LogP contribution in [-0.4, -0.2) is 27.5 Å². The molecule has 0 unspecified atom stereocenters. The minimum absolute atomic E-state index is 0. The van der Waals surface area contributed by atoms with E-state index >= 15 is 0 Å². The average Bonchev–Trinajstić information content (AvgIpc) is 2.04. The van der Waals surface area contributed by atoms with Gasteiger partial charge in [0.15, 0.2) is 17.4 Å². The Morgan fingerprint density at radius 2 is 1.92 bits per heavy atom. The fraction of sp³-hybridized carbons (Fsp3) is 0. The van der Waals surface area contributed by atoms with Crippen LogP contribution in [0.3, 0.4) is 0 Å². The van der Waals surface area contributed by atoms with E-state index in [0.29, 0.717) is 0 Å². The van der Waals surface area contributed by atoms with E-state index in [1.165, 1.54) is 6.20 Å². The number of aromatic hydroxyl groups is 1. The second-order valence-electron chi connectivity index (χ2n) is 2.39. The number of para-hydroxylation sites is 1.